The van der Waals surface area contributed by atoms with Crippen LogP contribution >= 0.6 is 11.3 Å². The van der Waals surface area contributed by atoms with Gasteiger partial charge in [-0.1, -0.05) is 0 Å². The van der Waals surface area contributed by atoms with Crippen molar-refractivity contribution in [2.24, 2.45) is 0 Å². The van der Waals surface area contributed by atoms with Crippen LogP contribution < -0.4 is 14.8 Å². The third kappa shape index (κ3) is 2.13. The second kappa shape index (κ2) is 4.83. The fraction of sp³-hybridized carbons (Fsp3) is 0.294. The number of ether oxygens (including phenoxy) is 2. The zero-order valence-corrected chi connectivity index (χ0v) is 13.2. The first kappa shape index (κ1) is 13.1. The van der Waals surface area contributed by atoms with Crippen LogP contribution in [0.25, 0.3) is 10.2 Å². The van der Waals surface area contributed by atoms with E-state index in [0.717, 1.165) is 58.9 Å². The molecule has 0 amide bonds. The minimum Gasteiger partial charge on any atom is -0.448 e. The molecule has 1 spiro atoms. The Kier molecular flexibility index (Phi) is 2.76. The molecule has 3 aromatic rings. The van der Waals surface area contributed by atoms with E-state index in [9.17, 15) is 0 Å². The topological polar surface area (TPSA) is 56.3 Å². The Morgan fingerprint density at radius 1 is 1.04 bits per heavy atom. The zero-order chi connectivity index (χ0) is 15.3. The summed E-state index contributed by atoms with van der Waals surface area (Å²) in [6.45, 7) is 0. The number of anilines is 2. The van der Waals surface area contributed by atoms with Gasteiger partial charge in [0.2, 0.25) is 0 Å². The number of hydrogen-bond donors (Lipinski definition) is 1. The summed E-state index contributed by atoms with van der Waals surface area (Å²) in [5.41, 5.74) is 0.939. The van der Waals surface area contributed by atoms with Crippen LogP contribution in [-0.4, -0.2) is 15.8 Å². The average Bonchev–Trinajstić information content (AvgIpc) is 3.27. The summed E-state index contributed by atoms with van der Waals surface area (Å²) in [7, 11) is 0. The predicted octanol–water partition coefficient (Wildman–Crippen LogP) is 4.48. The molecule has 1 saturated carbocycles. The Morgan fingerprint density at radius 3 is 2.83 bits per heavy atom. The van der Waals surface area contributed by atoms with E-state index in [1.807, 2.05) is 29.6 Å². The molecule has 1 aliphatic carbocycles. The molecule has 3 heterocycles. The molecule has 0 saturated heterocycles. The van der Waals surface area contributed by atoms with E-state index in [2.05, 4.69) is 15.3 Å². The number of aromatic nitrogens is 2. The molecule has 2 aliphatic rings. The fourth-order valence-electron chi connectivity index (χ4n) is 3.32. The smallest absolute Gasteiger partial charge is 0.251 e. The van der Waals surface area contributed by atoms with Crippen molar-refractivity contribution in [1.82, 2.24) is 9.97 Å². The number of thiophene rings is 1. The Morgan fingerprint density at radius 2 is 1.91 bits per heavy atom. The quantitative estimate of drug-likeness (QED) is 0.753. The number of benzene rings is 1. The molecule has 2 aromatic heterocycles. The van der Waals surface area contributed by atoms with Crippen molar-refractivity contribution in [3.63, 3.8) is 0 Å². The maximum atomic E-state index is 6.11. The molecule has 0 atom stereocenters. The highest BCUT2D eigenvalue weighted by Gasteiger charge is 2.44. The Hall–Kier alpha value is -2.34. The van der Waals surface area contributed by atoms with Gasteiger partial charge < -0.3 is 14.8 Å². The largest absolute Gasteiger partial charge is 0.448 e. The van der Waals surface area contributed by atoms with Gasteiger partial charge in [0.05, 0.1) is 5.39 Å². The maximum Gasteiger partial charge on any atom is 0.251 e. The van der Waals surface area contributed by atoms with Crippen molar-refractivity contribution in [2.45, 2.75) is 31.5 Å². The lowest BCUT2D eigenvalue weighted by Crippen LogP contribution is -2.34. The van der Waals surface area contributed by atoms with E-state index in [4.69, 9.17) is 9.47 Å². The highest BCUT2D eigenvalue weighted by molar-refractivity contribution is 7.16. The monoisotopic (exact) mass is 325 g/mol. The molecule has 0 radical (unpaired) electrons. The van der Waals surface area contributed by atoms with Gasteiger partial charge in [0.1, 0.15) is 17.0 Å². The van der Waals surface area contributed by atoms with E-state index < -0.39 is 5.79 Å². The van der Waals surface area contributed by atoms with E-state index >= 15 is 0 Å². The van der Waals surface area contributed by atoms with Gasteiger partial charge >= 0.3 is 0 Å². The second-order valence-corrected chi connectivity index (χ2v) is 6.86. The molecule has 0 unspecified atom stereocenters. The Balaban J connectivity index is 1.46. The fourth-order valence-corrected chi connectivity index (χ4v) is 4.05. The summed E-state index contributed by atoms with van der Waals surface area (Å²) in [4.78, 5) is 9.60. The third-order valence-corrected chi connectivity index (χ3v) is 5.25. The van der Waals surface area contributed by atoms with Crippen LogP contribution in [0.3, 0.4) is 0 Å². The molecule has 1 fully saturated rings. The van der Waals surface area contributed by atoms with E-state index in [-0.39, 0.29) is 0 Å². The molecule has 6 heteroatoms. The van der Waals surface area contributed by atoms with Gasteiger partial charge in [0.25, 0.3) is 5.79 Å². The summed E-state index contributed by atoms with van der Waals surface area (Å²) in [5.74, 6) is 2.04. The van der Waals surface area contributed by atoms with Gasteiger partial charge in [-0.15, -0.1) is 11.3 Å². The summed E-state index contributed by atoms with van der Waals surface area (Å²) < 4.78 is 12.2. The van der Waals surface area contributed by atoms with Crippen LogP contribution in [0.4, 0.5) is 11.5 Å². The lowest BCUT2D eigenvalue weighted by Gasteiger charge is -2.21. The minimum atomic E-state index is -0.420. The van der Waals surface area contributed by atoms with E-state index in [1.54, 1.807) is 17.7 Å². The summed E-state index contributed by atoms with van der Waals surface area (Å²) in [5, 5.41) is 6.41. The van der Waals surface area contributed by atoms with E-state index in [0.29, 0.717) is 0 Å². The molecular weight excluding hydrogens is 310 g/mol. The second-order valence-electron chi connectivity index (χ2n) is 5.97. The van der Waals surface area contributed by atoms with Crippen LogP contribution in [0.2, 0.25) is 0 Å². The molecule has 5 nitrogen and oxygen atoms in total. The maximum absolute atomic E-state index is 6.11. The highest BCUT2D eigenvalue weighted by Crippen LogP contribution is 2.47. The molecular formula is C17H15N3O2S. The summed E-state index contributed by atoms with van der Waals surface area (Å²) >= 11 is 1.61. The predicted molar refractivity (Wildman–Crippen MR) is 89.6 cm³/mol. The van der Waals surface area contributed by atoms with Crippen LogP contribution in [0.5, 0.6) is 11.5 Å². The Bertz CT molecular complexity index is 886. The number of rotatable bonds is 2. The number of hydrogen-bond acceptors (Lipinski definition) is 6. The SMILES string of the molecule is c1nc(Nc2ccc3c(c2)OC2(CCCC2)O3)c2ccsc2n1. The van der Waals surface area contributed by atoms with Crippen molar-refractivity contribution < 1.29 is 9.47 Å². The van der Waals surface area contributed by atoms with Gasteiger partial charge in [-0.2, -0.15) is 0 Å². The number of nitrogens with zero attached hydrogens (tertiary/aromatic N) is 2. The molecule has 5 rings (SSSR count). The van der Waals surface area contributed by atoms with Gasteiger partial charge in [-0.25, -0.2) is 9.97 Å². The van der Waals surface area contributed by atoms with Crippen molar-refractivity contribution >= 4 is 33.1 Å². The third-order valence-electron chi connectivity index (χ3n) is 4.43. The first-order valence-corrected chi connectivity index (χ1v) is 8.67. The van der Waals surface area contributed by atoms with Crippen LogP contribution in [0, 0.1) is 0 Å². The first-order valence-electron chi connectivity index (χ1n) is 7.79. The van der Waals surface area contributed by atoms with Crippen molar-refractivity contribution in [3.8, 4) is 11.5 Å². The van der Waals surface area contributed by atoms with Crippen LogP contribution in [-0.2, 0) is 0 Å². The molecule has 1 aliphatic heterocycles. The van der Waals surface area contributed by atoms with Crippen LogP contribution in [0.1, 0.15) is 25.7 Å². The summed E-state index contributed by atoms with van der Waals surface area (Å²) in [6, 6.07) is 7.98. The van der Waals surface area contributed by atoms with Crippen LogP contribution in [0.15, 0.2) is 36.0 Å². The first-order chi connectivity index (χ1) is 11.3. The zero-order valence-electron chi connectivity index (χ0n) is 12.4. The van der Waals surface area contributed by atoms with Gasteiger partial charge in [-0.3, -0.25) is 0 Å². The van der Waals surface area contributed by atoms with Gasteiger partial charge in [-0.05, 0) is 36.4 Å². The van der Waals surface area contributed by atoms with Crippen molar-refractivity contribution in [3.05, 3.63) is 36.0 Å². The summed E-state index contributed by atoms with van der Waals surface area (Å²) in [6.07, 6.45) is 5.84. The van der Waals surface area contributed by atoms with Gasteiger partial charge in [0.15, 0.2) is 11.5 Å². The van der Waals surface area contributed by atoms with Gasteiger partial charge in [0, 0.05) is 24.6 Å². The average molecular weight is 325 g/mol. The Labute approximate surface area is 137 Å². The number of nitrogens with one attached hydrogen (secondary N) is 1. The lowest BCUT2D eigenvalue weighted by atomic mass is 10.2. The molecule has 23 heavy (non-hydrogen) atoms. The van der Waals surface area contributed by atoms with Crippen molar-refractivity contribution in [2.75, 3.05) is 5.32 Å². The number of fused-ring (bicyclic) bond motifs is 2. The minimum absolute atomic E-state index is 0.420. The normalized spacial score (nSPS) is 17.9. The molecule has 0 bridgehead atoms. The van der Waals surface area contributed by atoms with Crippen molar-refractivity contribution in [1.29, 1.82) is 0 Å². The standard InChI is InChI=1S/C17H15N3O2S/c1-2-7-17(6-1)21-13-4-3-11(9-14(13)22-17)20-15-12-5-8-23-16(12)19-10-18-15/h3-5,8-10H,1-2,6-7H2,(H,18,19,20). The lowest BCUT2D eigenvalue weighted by molar-refractivity contribution is -0.0716. The molecule has 1 N–H and O–H groups in total. The highest BCUT2D eigenvalue weighted by atomic mass is 32.1. The molecule has 116 valence electrons. The van der Waals surface area contributed by atoms with E-state index in [1.165, 1.54) is 0 Å². The molecule has 1 aromatic carbocycles.